The van der Waals surface area contributed by atoms with E-state index in [2.05, 4.69) is 22.9 Å². The van der Waals surface area contributed by atoms with Crippen molar-refractivity contribution in [1.82, 2.24) is 4.90 Å². The lowest BCUT2D eigenvalue weighted by Crippen LogP contribution is -2.42. The second kappa shape index (κ2) is 8.76. The predicted molar refractivity (Wildman–Crippen MR) is 105 cm³/mol. The van der Waals surface area contributed by atoms with Gasteiger partial charge in [-0.25, -0.2) is 4.99 Å². The number of piperidine rings is 1. The van der Waals surface area contributed by atoms with E-state index in [1.54, 1.807) is 0 Å². The molecule has 23 heavy (non-hydrogen) atoms. The minimum Gasteiger partial charge on any atom is -0.493 e. The molecule has 1 aliphatic carbocycles. The molecule has 0 atom stereocenters. The van der Waals surface area contributed by atoms with Gasteiger partial charge in [0, 0.05) is 18.7 Å². The number of halogens is 1. The van der Waals surface area contributed by atoms with E-state index in [-0.39, 0.29) is 24.0 Å². The first-order valence-electron chi connectivity index (χ1n) is 8.48. The van der Waals surface area contributed by atoms with Crippen molar-refractivity contribution in [2.24, 2.45) is 22.6 Å². The highest BCUT2D eigenvalue weighted by Gasteiger charge is 2.22. The molecular formula is C18H28IN3O. The molecule has 1 heterocycles. The number of rotatable bonds is 5. The van der Waals surface area contributed by atoms with Crippen LogP contribution in [-0.2, 0) is 6.54 Å². The molecule has 1 saturated carbocycles. The summed E-state index contributed by atoms with van der Waals surface area (Å²) in [6.45, 7) is 5.78. The Bertz CT molecular complexity index is 523. The van der Waals surface area contributed by atoms with Gasteiger partial charge < -0.3 is 15.4 Å². The van der Waals surface area contributed by atoms with Crippen LogP contribution in [0.5, 0.6) is 5.75 Å². The number of para-hydroxylation sites is 1. The van der Waals surface area contributed by atoms with Gasteiger partial charge >= 0.3 is 0 Å². The van der Waals surface area contributed by atoms with Crippen LogP contribution in [0.25, 0.3) is 0 Å². The Morgan fingerprint density at radius 2 is 1.91 bits per heavy atom. The lowest BCUT2D eigenvalue weighted by atomic mass is 10.00. The molecule has 2 N–H and O–H groups in total. The first-order valence-corrected chi connectivity index (χ1v) is 8.48. The molecule has 2 aliphatic rings. The fraction of sp³-hybridized carbons (Fsp3) is 0.611. The second-order valence-corrected chi connectivity index (χ2v) is 6.71. The number of aliphatic imine (C=N–C) groups is 1. The van der Waals surface area contributed by atoms with Gasteiger partial charge in [-0.15, -0.1) is 24.0 Å². The zero-order chi connectivity index (χ0) is 15.4. The third kappa shape index (κ3) is 5.55. The quantitative estimate of drug-likeness (QED) is 0.442. The van der Waals surface area contributed by atoms with Gasteiger partial charge in [0.15, 0.2) is 5.96 Å². The third-order valence-electron chi connectivity index (χ3n) is 4.66. The Morgan fingerprint density at radius 3 is 2.61 bits per heavy atom. The fourth-order valence-corrected chi connectivity index (χ4v) is 2.77. The van der Waals surface area contributed by atoms with Gasteiger partial charge in [0.05, 0.1) is 13.2 Å². The molecule has 3 rings (SSSR count). The maximum atomic E-state index is 6.16. The largest absolute Gasteiger partial charge is 0.493 e. The molecule has 0 bridgehead atoms. The molecule has 128 valence electrons. The van der Waals surface area contributed by atoms with E-state index < -0.39 is 0 Å². The maximum absolute atomic E-state index is 6.16. The smallest absolute Gasteiger partial charge is 0.191 e. The molecule has 1 aliphatic heterocycles. The summed E-state index contributed by atoms with van der Waals surface area (Å²) in [7, 11) is 0. The van der Waals surface area contributed by atoms with Crippen LogP contribution in [0.2, 0.25) is 0 Å². The van der Waals surface area contributed by atoms with Gasteiger partial charge in [0.25, 0.3) is 0 Å². The Morgan fingerprint density at radius 1 is 1.22 bits per heavy atom. The van der Waals surface area contributed by atoms with E-state index >= 15 is 0 Å². The van der Waals surface area contributed by atoms with Crippen LogP contribution in [0.4, 0.5) is 0 Å². The number of ether oxygens (including phenoxy) is 1. The van der Waals surface area contributed by atoms with E-state index in [9.17, 15) is 0 Å². The van der Waals surface area contributed by atoms with Crippen LogP contribution in [-0.4, -0.2) is 30.6 Å². The zero-order valence-corrected chi connectivity index (χ0v) is 16.2. The second-order valence-electron chi connectivity index (χ2n) is 6.71. The highest BCUT2D eigenvalue weighted by atomic mass is 127. The van der Waals surface area contributed by atoms with Gasteiger partial charge in [-0.1, -0.05) is 25.1 Å². The average molecular weight is 429 g/mol. The highest BCUT2D eigenvalue weighted by molar-refractivity contribution is 14.0. The number of likely N-dealkylation sites (tertiary alicyclic amines) is 1. The summed E-state index contributed by atoms with van der Waals surface area (Å²) in [4.78, 5) is 6.79. The topological polar surface area (TPSA) is 50.8 Å². The summed E-state index contributed by atoms with van der Waals surface area (Å²) in [6.07, 6.45) is 5.02. The van der Waals surface area contributed by atoms with Crippen molar-refractivity contribution in [3.8, 4) is 5.75 Å². The first kappa shape index (κ1) is 18.4. The number of hydrogen-bond donors (Lipinski definition) is 1. The molecule has 2 fully saturated rings. The van der Waals surface area contributed by atoms with Gasteiger partial charge in [-0.2, -0.15) is 0 Å². The summed E-state index contributed by atoms with van der Waals surface area (Å²) in [5.74, 6) is 3.19. The molecule has 0 amide bonds. The summed E-state index contributed by atoms with van der Waals surface area (Å²) in [6, 6.07) is 8.17. The van der Waals surface area contributed by atoms with Crippen LogP contribution in [0.15, 0.2) is 29.3 Å². The zero-order valence-electron chi connectivity index (χ0n) is 13.9. The van der Waals surface area contributed by atoms with Crippen molar-refractivity contribution in [2.45, 2.75) is 39.2 Å². The van der Waals surface area contributed by atoms with Crippen molar-refractivity contribution < 1.29 is 4.74 Å². The molecule has 0 radical (unpaired) electrons. The van der Waals surface area contributed by atoms with Crippen molar-refractivity contribution in [3.05, 3.63) is 29.8 Å². The van der Waals surface area contributed by atoms with Gasteiger partial charge in [0.1, 0.15) is 5.75 Å². The summed E-state index contributed by atoms with van der Waals surface area (Å²) in [5, 5.41) is 0. The van der Waals surface area contributed by atoms with E-state index in [0.29, 0.717) is 12.5 Å². The number of nitrogens with two attached hydrogens (primary N) is 1. The van der Waals surface area contributed by atoms with Gasteiger partial charge in [0.2, 0.25) is 0 Å². The Balaban J connectivity index is 0.00000192. The Kier molecular flexibility index (Phi) is 6.99. The molecule has 0 unspecified atom stereocenters. The normalized spacial score (nSPS) is 19.3. The standard InChI is InChI=1S/C18H27N3O.HI/c1-14-8-10-21(11-9-14)18(19)20-12-16-4-2-3-5-17(16)22-13-15-6-7-15;/h2-5,14-15H,6-13H2,1H3,(H2,19,20);1H. The summed E-state index contributed by atoms with van der Waals surface area (Å²) >= 11 is 0. The first-order chi connectivity index (χ1) is 10.7. The Labute approximate surface area is 156 Å². The van der Waals surface area contributed by atoms with E-state index in [1.807, 2.05) is 18.2 Å². The maximum Gasteiger partial charge on any atom is 0.191 e. The van der Waals surface area contributed by atoms with Gasteiger partial charge in [-0.3, -0.25) is 0 Å². The van der Waals surface area contributed by atoms with Crippen molar-refractivity contribution in [3.63, 3.8) is 0 Å². The number of hydrogen-bond acceptors (Lipinski definition) is 2. The van der Waals surface area contributed by atoms with E-state index in [4.69, 9.17) is 10.5 Å². The molecule has 1 saturated heterocycles. The lowest BCUT2D eigenvalue weighted by Gasteiger charge is -2.31. The molecule has 1 aromatic carbocycles. The molecule has 4 nitrogen and oxygen atoms in total. The van der Waals surface area contributed by atoms with Crippen molar-refractivity contribution in [1.29, 1.82) is 0 Å². The number of nitrogens with zero attached hydrogens (tertiary/aromatic N) is 2. The molecule has 0 aromatic heterocycles. The number of guanidine groups is 1. The number of benzene rings is 1. The minimum atomic E-state index is 0. The van der Waals surface area contributed by atoms with Crippen LogP contribution < -0.4 is 10.5 Å². The van der Waals surface area contributed by atoms with E-state index in [0.717, 1.165) is 42.8 Å². The molecule has 0 spiro atoms. The third-order valence-corrected chi connectivity index (χ3v) is 4.66. The van der Waals surface area contributed by atoms with Crippen molar-refractivity contribution in [2.75, 3.05) is 19.7 Å². The van der Waals surface area contributed by atoms with Crippen LogP contribution >= 0.6 is 24.0 Å². The lowest BCUT2D eigenvalue weighted by molar-refractivity contribution is 0.277. The minimum absolute atomic E-state index is 0. The van der Waals surface area contributed by atoms with Crippen LogP contribution in [0.3, 0.4) is 0 Å². The summed E-state index contributed by atoms with van der Waals surface area (Å²) in [5.41, 5.74) is 7.28. The molecular weight excluding hydrogens is 401 g/mol. The van der Waals surface area contributed by atoms with E-state index in [1.165, 1.54) is 25.7 Å². The molecule has 1 aromatic rings. The molecule has 5 heteroatoms. The van der Waals surface area contributed by atoms with Gasteiger partial charge in [-0.05, 0) is 43.6 Å². The predicted octanol–water partition coefficient (Wildman–Crippen LogP) is 3.64. The average Bonchev–Trinajstić information content (AvgIpc) is 3.36. The van der Waals surface area contributed by atoms with Crippen LogP contribution in [0.1, 0.15) is 38.2 Å². The Hall–Kier alpha value is -0.980. The SMILES string of the molecule is CC1CCN(C(N)=NCc2ccccc2OCC2CC2)CC1.I. The summed E-state index contributed by atoms with van der Waals surface area (Å²) < 4.78 is 5.93. The highest BCUT2D eigenvalue weighted by Crippen LogP contribution is 2.30. The fourth-order valence-electron chi connectivity index (χ4n) is 2.77. The van der Waals surface area contributed by atoms with Crippen molar-refractivity contribution >= 4 is 29.9 Å². The van der Waals surface area contributed by atoms with Crippen LogP contribution in [0, 0.1) is 11.8 Å². The monoisotopic (exact) mass is 429 g/mol.